The predicted molar refractivity (Wildman–Crippen MR) is 113 cm³/mol. The summed E-state index contributed by atoms with van der Waals surface area (Å²) in [7, 11) is 0. The SMILES string of the molecule is O=c1[nH]ccc2c(-c3ccnc(NC4CCCC4)n3)c(-c3cccc(Cl)c3)nn12. The molecule has 5 rings (SSSR count). The lowest BCUT2D eigenvalue weighted by atomic mass is 10.0. The Morgan fingerprint density at radius 2 is 2.03 bits per heavy atom. The number of aromatic amines is 1. The van der Waals surface area contributed by atoms with Crippen molar-refractivity contribution in [1.82, 2.24) is 24.6 Å². The van der Waals surface area contributed by atoms with Gasteiger partial charge in [-0.2, -0.15) is 9.61 Å². The fraction of sp³-hybridized carbons (Fsp3) is 0.238. The van der Waals surface area contributed by atoms with E-state index in [4.69, 9.17) is 16.6 Å². The van der Waals surface area contributed by atoms with E-state index in [2.05, 4.69) is 20.4 Å². The summed E-state index contributed by atoms with van der Waals surface area (Å²) in [6.45, 7) is 0. The maximum Gasteiger partial charge on any atom is 0.346 e. The third-order valence-electron chi connectivity index (χ3n) is 5.26. The minimum Gasteiger partial charge on any atom is -0.351 e. The minimum absolute atomic E-state index is 0.310. The molecular weight excluding hydrogens is 388 g/mol. The molecule has 7 nitrogen and oxygen atoms in total. The lowest BCUT2D eigenvalue weighted by molar-refractivity contribution is 0.744. The fourth-order valence-electron chi connectivity index (χ4n) is 3.90. The molecule has 0 radical (unpaired) electrons. The van der Waals surface area contributed by atoms with Gasteiger partial charge in [0.05, 0.1) is 16.8 Å². The van der Waals surface area contributed by atoms with Crippen molar-refractivity contribution < 1.29 is 0 Å². The molecule has 1 aliphatic carbocycles. The molecule has 146 valence electrons. The van der Waals surface area contributed by atoms with E-state index in [1.165, 1.54) is 17.4 Å². The van der Waals surface area contributed by atoms with Crippen molar-refractivity contribution in [1.29, 1.82) is 0 Å². The lowest BCUT2D eigenvalue weighted by Crippen LogP contribution is -2.16. The van der Waals surface area contributed by atoms with E-state index in [9.17, 15) is 4.79 Å². The first-order valence-electron chi connectivity index (χ1n) is 9.65. The van der Waals surface area contributed by atoms with E-state index in [-0.39, 0.29) is 5.69 Å². The van der Waals surface area contributed by atoms with Gasteiger partial charge >= 0.3 is 5.69 Å². The van der Waals surface area contributed by atoms with Gasteiger partial charge in [0.15, 0.2) is 0 Å². The zero-order valence-corrected chi connectivity index (χ0v) is 16.4. The normalized spacial score (nSPS) is 14.5. The van der Waals surface area contributed by atoms with Crippen LogP contribution in [0.3, 0.4) is 0 Å². The molecule has 29 heavy (non-hydrogen) atoms. The Labute approximate surface area is 171 Å². The van der Waals surface area contributed by atoms with E-state index < -0.39 is 0 Å². The van der Waals surface area contributed by atoms with Gasteiger partial charge in [-0.05, 0) is 37.1 Å². The fourth-order valence-corrected chi connectivity index (χ4v) is 4.09. The van der Waals surface area contributed by atoms with Crippen molar-refractivity contribution in [3.05, 3.63) is 64.3 Å². The molecular formula is C21H19ClN6O. The summed E-state index contributed by atoms with van der Waals surface area (Å²) >= 11 is 6.21. The second-order valence-corrected chi connectivity index (χ2v) is 7.64. The van der Waals surface area contributed by atoms with Crippen LogP contribution in [0, 0.1) is 0 Å². The summed E-state index contributed by atoms with van der Waals surface area (Å²) in [5.74, 6) is 0.593. The zero-order valence-electron chi connectivity index (χ0n) is 15.6. The third kappa shape index (κ3) is 3.38. The number of fused-ring (bicyclic) bond motifs is 1. The molecule has 0 spiro atoms. The smallest absolute Gasteiger partial charge is 0.346 e. The number of hydrogen-bond acceptors (Lipinski definition) is 5. The second-order valence-electron chi connectivity index (χ2n) is 7.21. The highest BCUT2D eigenvalue weighted by molar-refractivity contribution is 6.30. The quantitative estimate of drug-likeness (QED) is 0.531. The van der Waals surface area contributed by atoms with Gasteiger partial charge in [-0.1, -0.05) is 36.6 Å². The number of rotatable bonds is 4. The van der Waals surface area contributed by atoms with Crippen molar-refractivity contribution in [3.63, 3.8) is 0 Å². The average molecular weight is 407 g/mol. The molecule has 3 aromatic heterocycles. The predicted octanol–water partition coefficient (Wildman–Crippen LogP) is 4.15. The van der Waals surface area contributed by atoms with E-state index in [0.29, 0.717) is 33.9 Å². The van der Waals surface area contributed by atoms with E-state index in [0.717, 1.165) is 24.0 Å². The highest BCUT2D eigenvalue weighted by atomic mass is 35.5. The first-order valence-corrected chi connectivity index (χ1v) is 10.0. The summed E-state index contributed by atoms with van der Waals surface area (Å²) < 4.78 is 1.36. The van der Waals surface area contributed by atoms with Gasteiger partial charge in [0.2, 0.25) is 5.95 Å². The molecule has 1 aliphatic rings. The van der Waals surface area contributed by atoms with E-state index in [1.54, 1.807) is 12.4 Å². The van der Waals surface area contributed by atoms with Crippen LogP contribution in [0.25, 0.3) is 28.0 Å². The van der Waals surface area contributed by atoms with Crippen LogP contribution in [0.1, 0.15) is 25.7 Å². The van der Waals surface area contributed by atoms with Gasteiger partial charge in [0.1, 0.15) is 5.69 Å². The van der Waals surface area contributed by atoms with Crippen molar-refractivity contribution >= 4 is 23.1 Å². The molecule has 1 fully saturated rings. The van der Waals surface area contributed by atoms with Crippen LogP contribution >= 0.6 is 11.6 Å². The minimum atomic E-state index is -0.310. The van der Waals surface area contributed by atoms with Crippen molar-refractivity contribution in [2.24, 2.45) is 0 Å². The molecule has 3 heterocycles. The first kappa shape index (κ1) is 17.9. The molecule has 4 aromatic rings. The van der Waals surface area contributed by atoms with Crippen LogP contribution < -0.4 is 11.0 Å². The molecule has 8 heteroatoms. The zero-order chi connectivity index (χ0) is 19.8. The Balaban J connectivity index is 1.68. The van der Waals surface area contributed by atoms with Gasteiger partial charge < -0.3 is 10.3 Å². The highest BCUT2D eigenvalue weighted by Gasteiger charge is 2.20. The number of benzene rings is 1. The maximum absolute atomic E-state index is 12.3. The van der Waals surface area contributed by atoms with Crippen LogP contribution in [0.2, 0.25) is 5.02 Å². The number of halogens is 1. The average Bonchev–Trinajstić information content (AvgIpc) is 3.36. The maximum atomic E-state index is 12.3. The van der Waals surface area contributed by atoms with Crippen LogP contribution in [-0.4, -0.2) is 30.6 Å². The van der Waals surface area contributed by atoms with Crippen LogP contribution in [0.15, 0.2) is 53.6 Å². The Morgan fingerprint density at radius 3 is 2.86 bits per heavy atom. The Kier molecular flexibility index (Phi) is 4.52. The van der Waals surface area contributed by atoms with Gasteiger partial charge in [-0.3, -0.25) is 0 Å². The molecule has 0 aliphatic heterocycles. The van der Waals surface area contributed by atoms with Gasteiger partial charge in [-0.15, -0.1) is 0 Å². The Hall–Kier alpha value is -3.19. The third-order valence-corrected chi connectivity index (χ3v) is 5.49. The molecule has 0 bridgehead atoms. The van der Waals surface area contributed by atoms with E-state index >= 15 is 0 Å². The Morgan fingerprint density at radius 1 is 1.17 bits per heavy atom. The molecule has 2 N–H and O–H groups in total. The van der Waals surface area contributed by atoms with Gasteiger partial charge in [0.25, 0.3) is 0 Å². The summed E-state index contributed by atoms with van der Waals surface area (Å²) in [4.78, 5) is 24.1. The molecule has 0 saturated heterocycles. The molecule has 0 atom stereocenters. The van der Waals surface area contributed by atoms with Crippen molar-refractivity contribution in [2.45, 2.75) is 31.7 Å². The summed E-state index contributed by atoms with van der Waals surface area (Å²) in [6, 6.07) is 11.5. The number of hydrogen-bond donors (Lipinski definition) is 2. The topological polar surface area (TPSA) is 88.0 Å². The van der Waals surface area contributed by atoms with Crippen LogP contribution in [-0.2, 0) is 0 Å². The monoisotopic (exact) mass is 406 g/mol. The summed E-state index contributed by atoms with van der Waals surface area (Å²) in [5, 5.41) is 8.60. The number of nitrogens with zero attached hydrogens (tertiary/aromatic N) is 4. The number of anilines is 1. The van der Waals surface area contributed by atoms with Crippen molar-refractivity contribution in [2.75, 3.05) is 5.32 Å². The molecule has 0 amide bonds. The molecule has 0 unspecified atom stereocenters. The van der Waals surface area contributed by atoms with Gasteiger partial charge in [0, 0.05) is 29.0 Å². The summed E-state index contributed by atoms with van der Waals surface area (Å²) in [5.41, 5.74) is 3.31. The van der Waals surface area contributed by atoms with Crippen LogP contribution in [0.4, 0.5) is 5.95 Å². The lowest BCUT2D eigenvalue weighted by Gasteiger charge is -2.12. The Bertz CT molecular complexity index is 1240. The number of aromatic nitrogens is 5. The van der Waals surface area contributed by atoms with Crippen LogP contribution in [0.5, 0.6) is 0 Å². The highest BCUT2D eigenvalue weighted by Crippen LogP contribution is 2.34. The van der Waals surface area contributed by atoms with E-state index in [1.807, 2.05) is 36.4 Å². The summed E-state index contributed by atoms with van der Waals surface area (Å²) in [6.07, 6.45) is 8.07. The number of H-pyrrole nitrogens is 1. The van der Waals surface area contributed by atoms with Gasteiger partial charge in [-0.25, -0.2) is 14.8 Å². The van der Waals surface area contributed by atoms with Crippen molar-refractivity contribution in [3.8, 4) is 22.5 Å². The molecule has 1 aromatic carbocycles. The number of nitrogens with one attached hydrogen (secondary N) is 2. The second kappa shape index (κ2) is 7.33. The molecule has 1 saturated carbocycles. The first-order chi connectivity index (χ1) is 14.2. The largest absolute Gasteiger partial charge is 0.351 e. The standard InChI is InChI=1S/C21H19ClN6O/c22-14-5-3-4-13(12-14)19-18(17-9-11-24-21(29)28(17)27-19)16-8-10-23-20(26-16)25-15-6-1-2-7-15/h3-5,8-12,15H,1-2,6-7H2,(H,24,29)(H,23,25,26).